The molecule has 2 nitrogen and oxygen atoms in total. The summed E-state index contributed by atoms with van der Waals surface area (Å²) in [5.41, 5.74) is 3.55. The van der Waals surface area contributed by atoms with E-state index in [0.717, 1.165) is 12.0 Å². The summed E-state index contributed by atoms with van der Waals surface area (Å²) in [6, 6.07) is 19.4. The predicted molar refractivity (Wildman–Crippen MR) is 90.8 cm³/mol. The first-order valence-corrected chi connectivity index (χ1v) is 7.18. The van der Waals surface area contributed by atoms with E-state index in [4.69, 9.17) is 0 Å². The van der Waals surface area contributed by atoms with Gasteiger partial charge < -0.3 is 10.4 Å². The Hall–Kier alpha value is -1.35. The maximum atomic E-state index is 9.17. The molecule has 0 amide bonds. The Kier molecular flexibility index (Phi) is 7.44. The Morgan fingerprint density at radius 1 is 0.952 bits per heavy atom. The summed E-state index contributed by atoms with van der Waals surface area (Å²) < 4.78 is 0. The van der Waals surface area contributed by atoms with Crippen LogP contribution in [0.3, 0.4) is 0 Å². The fraction of sp³-hybridized carbons (Fsp3) is 0.333. The lowest BCUT2D eigenvalue weighted by Crippen LogP contribution is -2.30. The lowest BCUT2D eigenvalue weighted by Gasteiger charge is -2.20. The van der Waals surface area contributed by atoms with Crippen molar-refractivity contribution in [3.8, 4) is 0 Å². The maximum Gasteiger partial charge on any atom is 0.0681 e. The van der Waals surface area contributed by atoms with E-state index in [1.807, 2.05) is 18.2 Å². The number of halogens is 1. The zero-order valence-corrected chi connectivity index (χ0v) is 13.4. The Balaban J connectivity index is 0.00000220. The van der Waals surface area contributed by atoms with Gasteiger partial charge in [-0.05, 0) is 37.0 Å². The number of nitrogens with one attached hydrogen (secondary N) is 1. The van der Waals surface area contributed by atoms with Gasteiger partial charge in [-0.1, -0.05) is 54.6 Å². The molecule has 0 bridgehead atoms. The first-order chi connectivity index (χ1) is 9.69. The molecule has 2 rings (SSSR count). The topological polar surface area (TPSA) is 32.3 Å². The molecule has 0 aliphatic carbocycles. The first kappa shape index (κ1) is 17.7. The second-order valence-electron chi connectivity index (χ2n) is 5.38. The second kappa shape index (κ2) is 8.83. The Bertz CT molecular complexity index is 530. The van der Waals surface area contributed by atoms with Crippen LogP contribution in [0.25, 0.3) is 0 Å². The van der Waals surface area contributed by atoms with Crippen molar-refractivity contribution < 1.29 is 5.11 Å². The van der Waals surface area contributed by atoms with Gasteiger partial charge >= 0.3 is 0 Å². The smallest absolute Gasteiger partial charge is 0.0681 e. The van der Waals surface area contributed by atoms with Gasteiger partial charge in [0.15, 0.2) is 0 Å². The monoisotopic (exact) mass is 305 g/mol. The summed E-state index contributed by atoms with van der Waals surface area (Å²) in [5.74, 6) is 0. The van der Waals surface area contributed by atoms with Crippen molar-refractivity contribution in [1.29, 1.82) is 0 Å². The molecule has 0 radical (unpaired) electrons. The standard InChI is InChI=1S/C18H23NO.ClH/c1-14(11-16-7-6-8-17(12-16)13-20)19-15(2)18-9-4-3-5-10-18;/h3-10,12,14-15,19-20H,11,13H2,1-2H3;1H/t14?,15-;/m1./s1. The van der Waals surface area contributed by atoms with E-state index in [-0.39, 0.29) is 19.0 Å². The average molecular weight is 306 g/mol. The van der Waals surface area contributed by atoms with Gasteiger partial charge in [0, 0.05) is 12.1 Å². The molecule has 0 aliphatic heterocycles. The highest BCUT2D eigenvalue weighted by molar-refractivity contribution is 5.85. The zero-order valence-electron chi connectivity index (χ0n) is 12.6. The molecule has 0 aliphatic rings. The summed E-state index contributed by atoms with van der Waals surface area (Å²) in [6.45, 7) is 4.50. The van der Waals surface area contributed by atoms with E-state index in [0.29, 0.717) is 12.1 Å². The van der Waals surface area contributed by atoms with E-state index in [1.54, 1.807) is 0 Å². The molecule has 0 fully saturated rings. The van der Waals surface area contributed by atoms with Gasteiger partial charge in [-0.25, -0.2) is 0 Å². The number of aliphatic hydroxyl groups excluding tert-OH is 1. The first-order valence-electron chi connectivity index (χ1n) is 7.18. The van der Waals surface area contributed by atoms with Crippen molar-refractivity contribution in [3.63, 3.8) is 0 Å². The van der Waals surface area contributed by atoms with Gasteiger partial charge in [0.05, 0.1) is 6.61 Å². The molecule has 21 heavy (non-hydrogen) atoms. The van der Waals surface area contributed by atoms with Crippen LogP contribution in [0, 0.1) is 0 Å². The van der Waals surface area contributed by atoms with Gasteiger partial charge in [-0.2, -0.15) is 0 Å². The molecule has 0 saturated heterocycles. The van der Waals surface area contributed by atoms with E-state index >= 15 is 0 Å². The van der Waals surface area contributed by atoms with Crippen LogP contribution in [0.5, 0.6) is 0 Å². The van der Waals surface area contributed by atoms with E-state index in [1.165, 1.54) is 11.1 Å². The van der Waals surface area contributed by atoms with Crippen molar-refractivity contribution in [2.45, 2.75) is 39.0 Å². The Morgan fingerprint density at radius 2 is 1.62 bits per heavy atom. The average Bonchev–Trinajstić information content (AvgIpc) is 2.48. The molecule has 2 atom stereocenters. The van der Waals surface area contributed by atoms with E-state index in [9.17, 15) is 5.11 Å². The lowest BCUT2D eigenvalue weighted by molar-refractivity contribution is 0.281. The molecular weight excluding hydrogens is 282 g/mol. The minimum absolute atomic E-state index is 0. The quantitative estimate of drug-likeness (QED) is 0.849. The largest absolute Gasteiger partial charge is 0.392 e. The second-order valence-corrected chi connectivity index (χ2v) is 5.38. The van der Waals surface area contributed by atoms with Crippen LogP contribution < -0.4 is 5.32 Å². The van der Waals surface area contributed by atoms with Gasteiger partial charge in [0.25, 0.3) is 0 Å². The Labute approximate surface area is 133 Å². The fourth-order valence-corrected chi connectivity index (χ4v) is 2.53. The number of benzene rings is 2. The highest BCUT2D eigenvalue weighted by Crippen LogP contribution is 2.14. The molecule has 0 spiro atoms. The van der Waals surface area contributed by atoms with Crippen molar-refractivity contribution >= 4 is 12.4 Å². The molecule has 1 unspecified atom stereocenters. The summed E-state index contributed by atoms with van der Waals surface area (Å²) in [7, 11) is 0. The van der Waals surface area contributed by atoms with Gasteiger partial charge in [-0.3, -0.25) is 0 Å². The SMILES string of the molecule is CC(Cc1cccc(CO)c1)N[C@H](C)c1ccccc1.Cl. The summed E-state index contributed by atoms with van der Waals surface area (Å²) in [4.78, 5) is 0. The molecule has 0 saturated carbocycles. The minimum Gasteiger partial charge on any atom is -0.392 e. The third kappa shape index (κ3) is 5.50. The van der Waals surface area contributed by atoms with Crippen molar-refractivity contribution in [2.75, 3.05) is 0 Å². The van der Waals surface area contributed by atoms with Crippen LogP contribution in [0.15, 0.2) is 54.6 Å². The van der Waals surface area contributed by atoms with Gasteiger partial charge in [0.2, 0.25) is 0 Å². The number of hydrogen-bond donors (Lipinski definition) is 2. The van der Waals surface area contributed by atoms with Crippen molar-refractivity contribution in [3.05, 3.63) is 71.3 Å². The van der Waals surface area contributed by atoms with Crippen molar-refractivity contribution in [2.24, 2.45) is 0 Å². The maximum absolute atomic E-state index is 9.17. The third-order valence-electron chi connectivity index (χ3n) is 3.55. The fourth-order valence-electron chi connectivity index (χ4n) is 2.53. The molecular formula is C18H24ClNO. The minimum atomic E-state index is 0. The zero-order chi connectivity index (χ0) is 14.4. The van der Waals surface area contributed by atoms with E-state index < -0.39 is 0 Å². The van der Waals surface area contributed by atoms with Gasteiger partial charge in [-0.15, -0.1) is 12.4 Å². The molecule has 0 aromatic heterocycles. The third-order valence-corrected chi connectivity index (χ3v) is 3.55. The van der Waals surface area contributed by atoms with Gasteiger partial charge in [0.1, 0.15) is 0 Å². The van der Waals surface area contributed by atoms with Crippen LogP contribution in [0.2, 0.25) is 0 Å². The van der Waals surface area contributed by atoms with Crippen molar-refractivity contribution in [1.82, 2.24) is 5.32 Å². The number of rotatable bonds is 6. The predicted octanol–water partition coefficient (Wildman–Crippen LogP) is 3.88. The molecule has 2 N–H and O–H groups in total. The molecule has 3 heteroatoms. The van der Waals surface area contributed by atoms with Crippen LogP contribution >= 0.6 is 12.4 Å². The van der Waals surface area contributed by atoms with Crippen LogP contribution in [0.1, 0.15) is 36.6 Å². The summed E-state index contributed by atoms with van der Waals surface area (Å²) in [5, 5.41) is 12.8. The lowest BCUT2D eigenvalue weighted by atomic mass is 10.0. The number of aliphatic hydroxyl groups is 1. The molecule has 2 aromatic carbocycles. The highest BCUT2D eigenvalue weighted by atomic mass is 35.5. The van der Waals surface area contributed by atoms with Crippen LogP contribution in [0.4, 0.5) is 0 Å². The number of hydrogen-bond acceptors (Lipinski definition) is 2. The Morgan fingerprint density at radius 3 is 2.29 bits per heavy atom. The van der Waals surface area contributed by atoms with E-state index in [2.05, 4.69) is 55.6 Å². The van der Waals surface area contributed by atoms with Crippen LogP contribution in [-0.2, 0) is 13.0 Å². The normalized spacial score (nSPS) is 13.3. The molecule has 0 heterocycles. The summed E-state index contributed by atoms with van der Waals surface area (Å²) >= 11 is 0. The molecule has 2 aromatic rings. The summed E-state index contributed by atoms with van der Waals surface area (Å²) in [6.07, 6.45) is 0.963. The molecule has 114 valence electrons. The van der Waals surface area contributed by atoms with Crippen LogP contribution in [-0.4, -0.2) is 11.1 Å². The highest BCUT2D eigenvalue weighted by Gasteiger charge is 2.09.